The number of hydrogen-bond acceptors (Lipinski definition) is 3. The first-order chi connectivity index (χ1) is 23.6. The molecule has 0 amide bonds. The molecule has 0 radical (unpaired) electrons. The van der Waals surface area contributed by atoms with E-state index in [0.29, 0.717) is 22.6 Å². The lowest BCUT2D eigenvalue weighted by atomic mass is 9.95. The van der Waals surface area contributed by atoms with Crippen molar-refractivity contribution in [3.63, 3.8) is 0 Å². The summed E-state index contributed by atoms with van der Waals surface area (Å²) < 4.78 is 8.48. The first-order valence-electron chi connectivity index (χ1n) is 15.8. The van der Waals surface area contributed by atoms with E-state index in [1.54, 1.807) is 0 Å². The fraction of sp³-hybridized carbons (Fsp3) is 0.0455. The Morgan fingerprint density at radius 3 is 1.62 bits per heavy atom. The van der Waals surface area contributed by atoms with Crippen LogP contribution in [0.2, 0.25) is 0 Å². The van der Waals surface area contributed by atoms with Crippen LogP contribution >= 0.6 is 0 Å². The highest BCUT2D eigenvalue weighted by Crippen LogP contribution is 2.44. The van der Waals surface area contributed by atoms with Gasteiger partial charge in [-0.3, -0.25) is 0 Å². The standard InChI is InChI=1S/C44H31N3O/c1-3-4-14-30(2)48-44-36(28-45)27-37(33-19-12-7-13-20-33)43(40(44)29-46)47-41-23-21-34(31-15-8-5-9-16-31)25-38(41)39-26-35(22-24-42(39)47)32-17-10-6-11-18-32/h3-27H,1-2H3. The molecule has 0 atom stereocenters. The van der Waals surface area contributed by atoms with Gasteiger partial charge in [-0.05, 0) is 78.1 Å². The Morgan fingerprint density at radius 2 is 1.15 bits per heavy atom. The second kappa shape index (κ2) is 13.0. The van der Waals surface area contributed by atoms with Crippen LogP contribution in [-0.2, 0) is 0 Å². The molecule has 4 heteroatoms. The summed E-state index contributed by atoms with van der Waals surface area (Å²) in [5.41, 5.74) is 9.25. The topological polar surface area (TPSA) is 61.7 Å². The van der Waals surface area contributed by atoms with Gasteiger partial charge in [0.25, 0.3) is 0 Å². The predicted molar refractivity (Wildman–Crippen MR) is 196 cm³/mol. The molecule has 228 valence electrons. The van der Waals surface area contributed by atoms with E-state index in [1.165, 1.54) is 0 Å². The van der Waals surface area contributed by atoms with Gasteiger partial charge in [-0.25, -0.2) is 0 Å². The molecule has 4 nitrogen and oxygen atoms in total. The monoisotopic (exact) mass is 617 g/mol. The zero-order valence-electron chi connectivity index (χ0n) is 26.7. The highest BCUT2D eigenvalue weighted by Gasteiger charge is 2.26. The summed E-state index contributed by atoms with van der Waals surface area (Å²) in [6, 6.07) is 50.2. The Balaban J connectivity index is 1.61. The summed E-state index contributed by atoms with van der Waals surface area (Å²) in [6.45, 7) is 3.75. The van der Waals surface area contributed by atoms with Gasteiger partial charge in [0.1, 0.15) is 23.5 Å². The van der Waals surface area contributed by atoms with Crippen LogP contribution in [0.25, 0.3) is 60.9 Å². The van der Waals surface area contributed by atoms with E-state index >= 15 is 0 Å². The lowest BCUT2D eigenvalue weighted by Gasteiger charge is -2.20. The number of ether oxygens (including phenoxy) is 1. The first-order valence-corrected chi connectivity index (χ1v) is 15.8. The van der Waals surface area contributed by atoms with Gasteiger partial charge in [-0.2, -0.15) is 10.5 Å². The van der Waals surface area contributed by atoms with Crippen molar-refractivity contribution < 1.29 is 4.74 Å². The Labute approximate surface area is 280 Å². The molecule has 0 N–H and O–H groups in total. The fourth-order valence-corrected chi connectivity index (χ4v) is 6.33. The Kier molecular flexibility index (Phi) is 8.15. The van der Waals surface area contributed by atoms with E-state index in [-0.39, 0.29) is 5.75 Å². The van der Waals surface area contributed by atoms with Gasteiger partial charge < -0.3 is 9.30 Å². The quantitative estimate of drug-likeness (QED) is 0.132. The Hall–Kier alpha value is -6.62. The molecular weight excluding hydrogens is 587 g/mol. The highest BCUT2D eigenvalue weighted by atomic mass is 16.5. The van der Waals surface area contributed by atoms with Gasteiger partial charge in [-0.15, -0.1) is 0 Å². The summed E-state index contributed by atoms with van der Waals surface area (Å²) in [4.78, 5) is 0. The van der Waals surface area contributed by atoms with Crippen LogP contribution in [0.15, 0.2) is 157 Å². The maximum Gasteiger partial charge on any atom is 0.164 e. The number of nitrogens with zero attached hydrogens (tertiary/aromatic N) is 3. The summed E-state index contributed by atoms with van der Waals surface area (Å²) >= 11 is 0. The molecule has 7 aromatic rings. The van der Waals surface area contributed by atoms with Crippen molar-refractivity contribution in [2.24, 2.45) is 0 Å². The third-order valence-corrected chi connectivity index (χ3v) is 8.56. The Bertz CT molecular complexity index is 2340. The predicted octanol–water partition coefficient (Wildman–Crippen LogP) is 11.4. The van der Waals surface area contributed by atoms with E-state index in [9.17, 15) is 10.5 Å². The molecule has 0 unspecified atom stereocenters. The fourth-order valence-electron chi connectivity index (χ4n) is 6.33. The van der Waals surface area contributed by atoms with E-state index in [2.05, 4.69) is 77.4 Å². The molecule has 48 heavy (non-hydrogen) atoms. The number of benzene rings is 6. The van der Waals surface area contributed by atoms with Gasteiger partial charge in [0.15, 0.2) is 5.75 Å². The van der Waals surface area contributed by atoms with Crippen molar-refractivity contribution in [1.29, 1.82) is 10.5 Å². The molecule has 0 aliphatic carbocycles. The summed E-state index contributed by atoms with van der Waals surface area (Å²) in [7, 11) is 0. The van der Waals surface area contributed by atoms with Crippen LogP contribution in [0.5, 0.6) is 5.75 Å². The van der Waals surface area contributed by atoms with Gasteiger partial charge in [-0.1, -0.05) is 115 Å². The second-order valence-corrected chi connectivity index (χ2v) is 11.6. The van der Waals surface area contributed by atoms with Crippen LogP contribution in [-0.4, -0.2) is 4.57 Å². The third kappa shape index (κ3) is 5.43. The molecule has 0 saturated heterocycles. The van der Waals surface area contributed by atoms with Gasteiger partial charge in [0.2, 0.25) is 0 Å². The molecule has 7 rings (SSSR count). The van der Waals surface area contributed by atoms with Crippen molar-refractivity contribution in [3.05, 3.63) is 169 Å². The summed E-state index contributed by atoms with van der Waals surface area (Å²) in [5.74, 6) is 0.812. The molecule has 0 spiro atoms. The zero-order chi connectivity index (χ0) is 33.0. The average molecular weight is 618 g/mol. The highest BCUT2D eigenvalue weighted by molar-refractivity contribution is 6.12. The maximum absolute atomic E-state index is 10.9. The van der Waals surface area contributed by atoms with Crippen molar-refractivity contribution in [2.75, 3.05) is 0 Å². The molecule has 0 aliphatic heterocycles. The second-order valence-electron chi connectivity index (χ2n) is 11.6. The lowest BCUT2D eigenvalue weighted by molar-refractivity contribution is 0.425. The maximum atomic E-state index is 10.9. The Morgan fingerprint density at radius 1 is 0.625 bits per heavy atom. The molecular formula is C44H31N3O. The van der Waals surface area contributed by atoms with Gasteiger partial charge in [0, 0.05) is 16.3 Å². The zero-order valence-corrected chi connectivity index (χ0v) is 26.7. The number of hydrogen-bond donors (Lipinski definition) is 0. The molecule has 0 aliphatic rings. The first kappa shape index (κ1) is 30.1. The van der Waals surface area contributed by atoms with E-state index in [0.717, 1.165) is 55.2 Å². The van der Waals surface area contributed by atoms with E-state index in [4.69, 9.17) is 4.74 Å². The van der Waals surface area contributed by atoms with Crippen LogP contribution in [0.1, 0.15) is 25.0 Å². The van der Waals surface area contributed by atoms with Gasteiger partial charge >= 0.3 is 0 Å². The van der Waals surface area contributed by atoms with Crippen LogP contribution in [0.3, 0.4) is 0 Å². The minimum Gasteiger partial charge on any atom is -0.459 e. The van der Waals surface area contributed by atoms with Crippen molar-refractivity contribution in [3.8, 4) is 57.0 Å². The molecule has 1 aromatic heterocycles. The third-order valence-electron chi connectivity index (χ3n) is 8.56. The number of aromatic nitrogens is 1. The van der Waals surface area contributed by atoms with Gasteiger partial charge in [0.05, 0.1) is 22.3 Å². The van der Waals surface area contributed by atoms with E-state index in [1.807, 2.05) is 105 Å². The van der Waals surface area contributed by atoms with Crippen molar-refractivity contribution in [2.45, 2.75) is 13.8 Å². The van der Waals surface area contributed by atoms with Crippen LogP contribution < -0.4 is 4.74 Å². The van der Waals surface area contributed by atoms with E-state index < -0.39 is 0 Å². The molecule has 6 aromatic carbocycles. The van der Waals surface area contributed by atoms with Crippen LogP contribution in [0, 0.1) is 22.7 Å². The number of fused-ring (bicyclic) bond motifs is 3. The molecule has 0 fully saturated rings. The minimum atomic E-state index is 0.241. The smallest absolute Gasteiger partial charge is 0.164 e. The van der Waals surface area contributed by atoms with Crippen molar-refractivity contribution in [1.82, 2.24) is 4.57 Å². The molecule has 0 bridgehead atoms. The molecule has 0 saturated carbocycles. The van der Waals surface area contributed by atoms with Crippen LogP contribution in [0.4, 0.5) is 0 Å². The number of allylic oxidation sites excluding steroid dienone is 4. The average Bonchev–Trinajstić information content (AvgIpc) is 3.47. The number of nitriles is 2. The number of rotatable bonds is 7. The molecule has 1 heterocycles. The van der Waals surface area contributed by atoms with Crippen molar-refractivity contribution >= 4 is 21.8 Å². The largest absolute Gasteiger partial charge is 0.459 e. The minimum absolute atomic E-state index is 0.241. The lowest BCUT2D eigenvalue weighted by Crippen LogP contribution is -2.06. The normalized spacial score (nSPS) is 11.5. The SMILES string of the molecule is CC=CC=C(C)Oc1c(C#N)cc(-c2ccccc2)c(-n2c3ccc(-c4ccccc4)cc3c3cc(-c4ccccc4)ccc32)c1C#N. The summed E-state index contributed by atoms with van der Waals surface area (Å²) in [5, 5.41) is 23.4. The summed E-state index contributed by atoms with van der Waals surface area (Å²) in [6.07, 6.45) is 5.59.